The van der Waals surface area contributed by atoms with Crippen LogP contribution in [0.15, 0.2) is 12.1 Å². The lowest BCUT2D eigenvalue weighted by Gasteiger charge is -2.19. The summed E-state index contributed by atoms with van der Waals surface area (Å²) in [5.41, 5.74) is 4.44. The molecule has 0 radical (unpaired) electrons. The van der Waals surface area contributed by atoms with Crippen LogP contribution in [0.2, 0.25) is 0 Å². The van der Waals surface area contributed by atoms with Gasteiger partial charge < -0.3 is 0 Å². The molecule has 1 aromatic carbocycles. The number of hydrogen-bond donors (Lipinski definition) is 0. The van der Waals surface area contributed by atoms with Crippen molar-refractivity contribution in [1.82, 2.24) is 0 Å². The second-order valence-electron chi connectivity index (χ2n) is 3.82. The molecule has 0 amide bonds. The quantitative estimate of drug-likeness (QED) is 0.663. The first-order chi connectivity index (χ1) is 6.61. The molecule has 78 valence electrons. The molecule has 0 aromatic heterocycles. The van der Waals surface area contributed by atoms with Gasteiger partial charge in [0.2, 0.25) is 0 Å². The molecule has 0 bridgehead atoms. The molecular formula is C13H21P. The minimum atomic E-state index is 0.0992. The molecule has 0 saturated carbocycles. The first kappa shape index (κ1) is 11.7. The molecule has 0 saturated heterocycles. The van der Waals surface area contributed by atoms with Crippen LogP contribution in [0.5, 0.6) is 0 Å². The number of benzene rings is 1. The van der Waals surface area contributed by atoms with Crippen molar-refractivity contribution in [2.24, 2.45) is 0 Å². The van der Waals surface area contributed by atoms with Crippen molar-refractivity contribution in [3.63, 3.8) is 0 Å². The Morgan fingerprint density at radius 1 is 0.929 bits per heavy atom. The standard InChI is InChI=1S/C13H21P/c1-6-14(7-2)13-9-8-10(3)11(4)12(13)5/h8-9H,6-7H2,1-5H3. The van der Waals surface area contributed by atoms with Gasteiger partial charge in [0.1, 0.15) is 0 Å². The van der Waals surface area contributed by atoms with E-state index in [0.717, 1.165) is 0 Å². The number of hydrogen-bond acceptors (Lipinski definition) is 0. The molecule has 0 spiro atoms. The minimum Gasteiger partial charge on any atom is -0.0756 e. The molecule has 0 nitrogen and oxygen atoms in total. The summed E-state index contributed by atoms with van der Waals surface area (Å²) in [5, 5.41) is 1.62. The summed E-state index contributed by atoms with van der Waals surface area (Å²) in [5.74, 6) is 0. The predicted octanol–water partition coefficient (Wildman–Crippen LogP) is 3.76. The van der Waals surface area contributed by atoms with E-state index in [4.69, 9.17) is 0 Å². The average molecular weight is 208 g/mol. The fraction of sp³-hybridized carbons (Fsp3) is 0.538. The van der Waals surface area contributed by atoms with E-state index in [2.05, 4.69) is 46.8 Å². The molecule has 0 heterocycles. The van der Waals surface area contributed by atoms with Crippen LogP contribution in [0, 0.1) is 20.8 Å². The largest absolute Gasteiger partial charge is 0.0756 e. The summed E-state index contributed by atoms with van der Waals surface area (Å²) in [7, 11) is 0.0992. The fourth-order valence-corrected chi connectivity index (χ4v) is 3.90. The van der Waals surface area contributed by atoms with Crippen molar-refractivity contribution in [3.05, 3.63) is 28.8 Å². The average Bonchev–Trinajstić information content (AvgIpc) is 2.19. The number of aryl methyl sites for hydroxylation is 1. The lowest BCUT2D eigenvalue weighted by atomic mass is 10.1. The van der Waals surface area contributed by atoms with Gasteiger partial charge in [-0.2, -0.15) is 0 Å². The van der Waals surface area contributed by atoms with Gasteiger partial charge in [0, 0.05) is 0 Å². The van der Waals surface area contributed by atoms with Crippen LogP contribution < -0.4 is 5.30 Å². The zero-order valence-electron chi connectivity index (χ0n) is 10.0. The van der Waals surface area contributed by atoms with E-state index >= 15 is 0 Å². The van der Waals surface area contributed by atoms with Crippen LogP contribution in [0.4, 0.5) is 0 Å². The van der Waals surface area contributed by atoms with Gasteiger partial charge in [-0.25, -0.2) is 0 Å². The van der Waals surface area contributed by atoms with Crippen molar-refractivity contribution in [2.75, 3.05) is 12.3 Å². The Labute approximate surface area is 89.5 Å². The van der Waals surface area contributed by atoms with Crippen molar-refractivity contribution in [3.8, 4) is 0 Å². The maximum Gasteiger partial charge on any atom is -0.0209 e. The Morgan fingerprint density at radius 3 is 2.00 bits per heavy atom. The van der Waals surface area contributed by atoms with Gasteiger partial charge in [0.25, 0.3) is 0 Å². The molecular weight excluding hydrogens is 187 g/mol. The molecule has 0 fully saturated rings. The molecule has 14 heavy (non-hydrogen) atoms. The van der Waals surface area contributed by atoms with Crippen LogP contribution in [0.3, 0.4) is 0 Å². The highest BCUT2D eigenvalue weighted by Crippen LogP contribution is 2.35. The molecule has 0 aliphatic rings. The summed E-state index contributed by atoms with van der Waals surface area (Å²) in [6.45, 7) is 11.3. The molecule has 1 heteroatoms. The van der Waals surface area contributed by atoms with E-state index in [-0.39, 0.29) is 7.92 Å². The number of rotatable bonds is 3. The topological polar surface area (TPSA) is 0 Å². The van der Waals surface area contributed by atoms with Gasteiger partial charge in [0.15, 0.2) is 0 Å². The Balaban J connectivity index is 3.16. The minimum absolute atomic E-state index is 0.0992. The SMILES string of the molecule is CCP(CC)c1ccc(C)c(C)c1C. The Hall–Kier alpha value is -0.350. The van der Waals surface area contributed by atoms with Crippen LogP contribution in [0.1, 0.15) is 30.5 Å². The molecule has 0 N–H and O–H groups in total. The monoisotopic (exact) mass is 208 g/mol. The lowest BCUT2D eigenvalue weighted by molar-refractivity contribution is 1.28. The highest BCUT2D eigenvalue weighted by Gasteiger charge is 2.10. The summed E-state index contributed by atoms with van der Waals surface area (Å²) in [4.78, 5) is 0. The van der Waals surface area contributed by atoms with E-state index in [1.165, 1.54) is 29.0 Å². The van der Waals surface area contributed by atoms with Crippen LogP contribution in [-0.4, -0.2) is 12.3 Å². The van der Waals surface area contributed by atoms with E-state index in [1.54, 1.807) is 5.30 Å². The van der Waals surface area contributed by atoms with E-state index in [9.17, 15) is 0 Å². The first-order valence-corrected chi connectivity index (χ1v) is 7.14. The van der Waals surface area contributed by atoms with E-state index in [0.29, 0.717) is 0 Å². The third-order valence-corrected chi connectivity index (χ3v) is 5.83. The summed E-state index contributed by atoms with van der Waals surface area (Å²) < 4.78 is 0. The second-order valence-corrected chi connectivity index (χ2v) is 6.65. The summed E-state index contributed by atoms with van der Waals surface area (Å²) >= 11 is 0. The second kappa shape index (κ2) is 4.94. The fourth-order valence-electron chi connectivity index (χ4n) is 1.85. The molecule has 0 aliphatic heterocycles. The highest BCUT2D eigenvalue weighted by atomic mass is 31.1. The van der Waals surface area contributed by atoms with Crippen molar-refractivity contribution in [1.29, 1.82) is 0 Å². The van der Waals surface area contributed by atoms with Gasteiger partial charge >= 0.3 is 0 Å². The maximum absolute atomic E-state index is 2.34. The first-order valence-electron chi connectivity index (χ1n) is 5.43. The molecule has 0 atom stereocenters. The van der Waals surface area contributed by atoms with Crippen molar-refractivity contribution in [2.45, 2.75) is 34.6 Å². The Morgan fingerprint density at radius 2 is 1.50 bits per heavy atom. The normalized spacial score (nSPS) is 11.0. The third-order valence-electron chi connectivity index (χ3n) is 3.13. The smallest absolute Gasteiger partial charge is 0.0209 e. The van der Waals surface area contributed by atoms with E-state index in [1.807, 2.05) is 0 Å². The predicted molar refractivity (Wildman–Crippen MR) is 68.3 cm³/mol. The van der Waals surface area contributed by atoms with Crippen LogP contribution in [0.25, 0.3) is 0 Å². The Bertz CT molecular complexity index is 311. The maximum atomic E-state index is 2.34. The van der Waals surface area contributed by atoms with Gasteiger partial charge in [-0.05, 0) is 55.1 Å². The highest BCUT2D eigenvalue weighted by molar-refractivity contribution is 7.65. The molecule has 1 rings (SSSR count). The van der Waals surface area contributed by atoms with Crippen molar-refractivity contribution >= 4 is 13.2 Å². The van der Waals surface area contributed by atoms with Gasteiger partial charge in [-0.1, -0.05) is 33.9 Å². The summed E-state index contributed by atoms with van der Waals surface area (Å²) in [6.07, 6.45) is 2.63. The van der Waals surface area contributed by atoms with Gasteiger partial charge in [-0.3, -0.25) is 0 Å². The lowest BCUT2D eigenvalue weighted by Crippen LogP contribution is -2.10. The van der Waals surface area contributed by atoms with Crippen molar-refractivity contribution < 1.29 is 0 Å². The molecule has 1 aromatic rings. The van der Waals surface area contributed by atoms with Gasteiger partial charge in [0.05, 0.1) is 0 Å². The zero-order valence-corrected chi connectivity index (χ0v) is 10.9. The van der Waals surface area contributed by atoms with Crippen LogP contribution >= 0.6 is 7.92 Å². The van der Waals surface area contributed by atoms with E-state index < -0.39 is 0 Å². The third kappa shape index (κ3) is 2.17. The van der Waals surface area contributed by atoms with Crippen LogP contribution in [-0.2, 0) is 0 Å². The zero-order chi connectivity index (χ0) is 10.7. The Kier molecular flexibility index (Phi) is 4.13. The molecule has 0 unspecified atom stereocenters. The molecule has 0 aliphatic carbocycles. The van der Waals surface area contributed by atoms with Gasteiger partial charge in [-0.15, -0.1) is 0 Å². The summed E-state index contributed by atoms with van der Waals surface area (Å²) in [6, 6.07) is 4.62.